The van der Waals surface area contributed by atoms with Crippen molar-refractivity contribution in [3.05, 3.63) is 64.7 Å². The number of halogens is 2. The zero-order valence-corrected chi connectivity index (χ0v) is 11.3. The third kappa shape index (κ3) is 2.92. The third-order valence-corrected chi connectivity index (χ3v) is 3.22. The maximum absolute atomic E-state index is 13.6. The second kappa shape index (κ2) is 5.39. The average molecular weight is 261 g/mol. The van der Waals surface area contributed by atoms with Crippen molar-refractivity contribution in [2.24, 2.45) is 0 Å². The highest BCUT2D eigenvalue weighted by molar-refractivity contribution is 5.48. The lowest BCUT2D eigenvalue weighted by Crippen LogP contribution is -2.10. The smallest absolute Gasteiger partial charge is 0.181 e. The Morgan fingerprint density at radius 2 is 1.79 bits per heavy atom. The van der Waals surface area contributed by atoms with Crippen LogP contribution in [-0.2, 0) is 0 Å². The molecule has 0 heterocycles. The van der Waals surface area contributed by atoms with Gasteiger partial charge in [0.25, 0.3) is 0 Å². The van der Waals surface area contributed by atoms with Gasteiger partial charge in [-0.1, -0.05) is 29.8 Å². The molecule has 3 heteroatoms. The van der Waals surface area contributed by atoms with Crippen LogP contribution < -0.4 is 5.32 Å². The molecule has 0 aliphatic heterocycles. The molecule has 0 aliphatic carbocycles. The fourth-order valence-electron chi connectivity index (χ4n) is 2.15. The van der Waals surface area contributed by atoms with Gasteiger partial charge in [0.05, 0.1) is 5.69 Å². The first-order chi connectivity index (χ1) is 8.99. The predicted molar refractivity (Wildman–Crippen MR) is 74.3 cm³/mol. The highest BCUT2D eigenvalue weighted by atomic mass is 19.2. The van der Waals surface area contributed by atoms with Crippen LogP contribution in [0.2, 0.25) is 0 Å². The summed E-state index contributed by atoms with van der Waals surface area (Å²) in [6, 6.07) is 10.2. The fourth-order valence-corrected chi connectivity index (χ4v) is 2.15. The normalized spacial score (nSPS) is 12.3. The van der Waals surface area contributed by atoms with E-state index in [4.69, 9.17) is 0 Å². The van der Waals surface area contributed by atoms with Crippen LogP contribution in [0.5, 0.6) is 0 Å². The van der Waals surface area contributed by atoms with Crippen LogP contribution in [0.1, 0.15) is 29.7 Å². The molecule has 0 amide bonds. The average Bonchev–Trinajstić information content (AvgIpc) is 2.38. The second-order valence-electron chi connectivity index (χ2n) is 4.83. The van der Waals surface area contributed by atoms with Gasteiger partial charge in [-0.15, -0.1) is 0 Å². The van der Waals surface area contributed by atoms with Gasteiger partial charge < -0.3 is 5.32 Å². The summed E-state index contributed by atoms with van der Waals surface area (Å²) in [6.07, 6.45) is 0. The number of hydrogen-bond donors (Lipinski definition) is 1. The molecule has 0 fully saturated rings. The van der Waals surface area contributed by atoms with E-state index < -0.39 is 11.6 Å². The summed E-state index contributed by atoms with van der Waals surface area (Å²) >= 11 is 0. The van der Waals surface area contributed by atoms with Crippen LogP contribution in [0.25, 0.3) is 0 Å². The van der Waals surface area contributed by atoms with Gasteiger partial charge in [0.2, 0.25) is 0 Å². The molecule has 1 unspecified atom stereocenters. The van der Waals surface area contributed by atoms with E-state index in [1.807, 2.05) is 32.9 Å². The van der Waals surface area contributed by atoms with E-state index in [0.717, 1.165) is 22.8 Å². The zero-order valence-electron chi connectivity index (χ0n) is 11.3. The lowest BCUT2D eigenvalue weighted by molar-refractivity contribution is 0.510. The van der Waals surface area contributed by atoms with Crippen molar-refractivity contribution in [1.82, 2.24) is 0 Å². The van der Waals surface area contributed by atoms with Gasteiger partial charge >= 0.3 is 0 Å². The van der Waals surface area contributed by atoms with Gasteiger partial charge in [0.1, 0.15) is 0 Å². The summed E-state index contributed by atoms with van der Waals surface area (Å²) in [6.45, 7) is 5.96. The van der Waals surface area contributed by atoms with Crippen LogP contribution >= 0.6 is 0 Å². The monoisotopic (exact) mass is 261 g/mol. The minimum absolute atomic E-state index is 0.0869. The summed E-state index contributed by atoms with van der Waals surface area (Å²) < 4.78 is 26.8. The van der Waals surface area contributed by atoms with Gasteiger partial charge in [0, 0.05) is 6.04 Å². The number of aryl methyl sites for hydroxylation is 2. The van der Waals surface area contributed by atoms with Crippen molar-refractivity contribution in [3.63, 3.8) is 0 Å². The minimum atomic E-state index is -0.835. The van der Waals surface area contributed by atoms with Crippen molar-refractivity contribution < 1.29 is 8.78 Å². The number of benzene rings is 2. The van der Waals surface area contributed by atoms with Gasteiger partial charge in [-0.2, -0.15) is 0 Å². The molecule has 19 heavy (non-hydrogen) atoms. The van der Waals surface area contributed by atoms with Crippen molar-refractivity contribution in [2.45, 2.75) is 26.8 Å². The predicted octanol–water partition coefficient (Wildman–Crippen LogP) is 4.75. The van der Waals surface area contributed by atoms with Crippen LogP contribution in [0, 0.1) is 25.5 Å². The molecule has 0 bridgehead atoms. The van der Waals surface area contributed by atoms with E-state index in [-0.39, 0.29) is 11.7 Å². The van der Waals surface area contributed by atoms with Crippen LogP contribution in [0.15, 0.2) is 36.4 Å². The zero-order chi connectivity index (χ0) is 14.0. The van der Waals surface area contributed by atoms with Crippen molar-refractivity contribution in [1.29, 1.82) is 0 Å². The number of nitrogens with one attached hydrogen (secondary N) is 1. The Labute approximate surface area is 112 Å². The minimum Gasteiger partial charge on any atom is -0.376 e. The second-order valence-corrected chi connectivity index (χ2v) is 4.83. The van der Waals surface area contributed by atoms with Crippen molar-refractivity contribution in [3.8, 4) is 0 Å². The molecular formula is C16H17F2N. The molecule has 0 saturated heterocycles. The van der Waals surface area contributed by atoms with E-state index in [1.165, 1.54) is 6.07 Å². The number of anilines is 1. The highest BCUT2D eigenvalue weighted by Gasteiger charge is 2.13. The lowest BCUT2D eigenvalue weighted by Gasteiger charge is -2.19. The molecule has 1 atom stereocenters. The summed E-state index contributed by atoms with van der Waals surface area (Å²) in [7, 11) is 0. The molecule has 0 spiro atoms. The molecule has 0 aromatic heterocycles. The van der Waals surface area contributed by atoms with Gasteiger partial charge in [-0.05, 0) is 44.0 Å². The first-order valence-electron chi connectivity index (χ1n) is 6.26. The topological polar surface area (TPSA) is 12.0 Å². The van der Waals surface area contributed by atoms with Crippen LogP contribution in [0.3, 0.4) is 0 Å². The fraction of sp³-hybridized carbons (Fsp3) is 0.250. The van der Waals surface area contributed by atoms with Gasteiger partial charge in [0.15, 0.2) is 11.6 Å². The summed E-state index contributed by atoms with van der Waals surface area (Å²) in [5.41, 5.74) is 3.55. The largest absolute Gasteiger partial charge is 0.376 e. The van der Waals surface area contributed by atoms with Crippen molar-refractivity contribution >= 4 is 5.69 Å². The molecule has 1 N–H and O–H groups in total. The summed E-state index contributed by atoms with van der Waals surface area (Å²) in [5.74, 6) is -1.67. The first-order valence-corrected chi connectivity index (χ1v) is 6.26. The molecule has 100 valence electrons. The quantitative estimate of drug-likeness (QED) is 0.840. The Kier molecular flexibility index (Phi) is 3.84. The summed E-state index contributed by atoms with van der Waals surface area (Å²) in [4.78, 5) is 0. The molecule has 0 radical (unpaired) electrons. The Balaban J connectivity index is 2.28. The van der Waals surface area contributed by atoms with Gasteiger partial charge in [-0.3, -0.25) is 0 Å². The Morgan fingerprint density at radius 1 is 1.05 bits per heavy atom. The number of rotatable bonds is 3. The molecule has 0 saturated carbocycles. The maximum Gasteiger partial charge on any atom is 0.181 e. The molecular weight excluding hydrogens is 244 g/mol. The van der Waals surface area contributed by atoms with E-state index in [0.29, 0.717) is 0 Å². The molecule has 2 aromatic carbocycles. The SMILES string of the molecule is Cc1ccc(C)c(C(C)Nc2cccc(F)c2F)c1. The van der Waals surface area contributed by atoms with E-state index >= 15 is 0 Å². The first kappa shape index (κ1) is 13.5. The van der Waals surface area contributed by atoms with Crippen LogP contribution in [0.4, 0.5) is 14.5 Å². The molecule has 0 aliphatic rings. The Morgan fingerprint density at radius 3 is 2.53 bits per heavy atom. The van der Waals surface area contributed by atoms with E-state index in [1.54, 1.807) is 6.07 Å². The van der Waals surface area contributed by atoms with Crippen LogP contribution in [-0.4, -0.2) is 0 Å². The van der Waals surface area contributed by atoms with Gasteiger partial charge in [-0.25, -0.2) is 8.78 Å². The molecule has 2 aromatic rings. The van der Waals surface area contributed by atoms with Crippen molar-refractivity contribution in [2.75, 3.05) is 5.32 Å². The standard InChI is InChI=1S/C16H17F2N/c1-10-7-8-11(2)13(9-10)12(3)19-15-6-4-5-14(17)16(15)18/h4-9,12,19H,1-3H3. The third-order valence-electron chi connectivity index (χ3n) is 3.22. The molecule has 1 nitrogen and oxygen atoms in total. The number of hydrogen-bond acceptors (Lipinski definition) is 1. The Hall–Kier alpha value is -1.90. The lowest BCUT2D eigenvalue weighted by atomic mass is 10.00. The maximum atomic E-state index is 13.6. The summed E-state index contributed by atoms with van der Waals surface area (Å²) in [5, 5.41) is 3.02. The van der Waals surface area contributed by atoms with E-state index in [9.17, 15) is 8.78 Å². The molecule has 2 rings (SSSR count). The highest BCUT2D eigenvalue weighted by Crippen LogP contribution is 2.25. The Bertz CT molecular complexity index is 593. The van der Waals surface area contributed by atoms with E-state index in [2.05, 4.69) is 11.4 Å².